The van der Waals surface area contributed by atoms with Crippen LogP contribution in [0.5, 0.6) is 11.5 Å². The van der Waals surface area contributed by atoms with E-state index in [1.165, 1.54) is 0 Å². The highest BCUT2D eigenvalue weighted by atomic mass is 16.5. The number of methoxy groups -OCH3 is 1. The van der Waals surface area contributed by atoms with Gasteiger partial charge in [0, 0.05) is 31.2 Å². The first-order valence-corrected chi connectivity index (χ1v) is 7.19. The predicted octanol–water partition coefficient (Wildman–Crippen LogP) is 2.41. The number of ether oxygens (including phenoxy) is 2. The number of aliphatic imine (C=N–C) groups is 1. The van der Waals surface area contributed by atoms with Gasteiger partial charge in [0.1, 0.15) is 6.61 Å². The largest absolute Gasteiger partial charge is 0.493 e. The standard InChI is InChI=1S/C17H24N2O4/c1-13(11-20)18-8-9-19(4)14-6-7-15(16(10-14)22-5)23-12-17(2,3)21/h6-11,21H,12H2,1-5H3/b9-8-,18-13?. The van der Waals surface area contributed by atoms with Crippen molar-refractivity contribution in [3.05, 3.63) is 30.6 Å². The third kappa shape index (κ3) is 6.52. The minimum Gasteiger partial charge on any atom is -0.493 e. The zero-order valence-electron chi connectivity index (χ0n) is 14.2. The van der Waals surface area contributed by atoms with Gasteiger partial charge in [0.25, 0.3) is 0 Å². The van der Waals surface area contributed by atoms with Crippen molar-refractivity contribution in [3.63, 3.8) is 0 Å². The summed E-state index contributed by atoms with van der Waals surface area (Å²) in [5, 5.41) is 9.73. The number of nitrogens with zero attached hydrogens (tertiary/aromatic N) is 2. The maximum Gasteiger partial charge on any atom is 0.163 e. The summed E-state index contributed by atoms with van der Waals surface area (Å²) in [4.78, 5) is 16.3. The molecule has 0 saturated heterocycles. The van der Waals surface area contributed by atoms with E-state index < -0.39 is 5.60 Å². The smallest absolute Gasteiger partial charge is 0.163 e. The molecule has 0 unspecified atom stereocenters. The van der Waals surface area contributed by atoms with Gasteiger partial charge in [-0.05, 0) is 32.9 Å². The number of aldehydes is 1. The Morgan fingerprint density at radius 2 is 2.09 bits per heavy atom. The van der Waals surface area contributed by atoms with Crippen molar-refractivity contribution in [2.24, 2.45) is 4.99 Å². The molecule has 6 nitrogen and oxygen atoms in total. The van der Waals surface area contributed by atoms with Gasteiger partial charge in [-0.2, -0.15) is 0 Å². The van der Waals surface area contributed by atoms with Gasteiger partial charge in [-0.15, -0.1) is 0 Å². The van der Waals surface area contributed by atoms with Crippen molar-refractivity contribution in [1.29, 1.82) is 0 Å². The minimum absolute atomic E-state index is 0.165. The first kappa shape index (κ1) is 18.7. The van der Waals surface area contributed by atoms with Crippen LogP contribution in [0.3, 0.4) is 0 Å². The van der Waals surface area contributed by atoms with Crippen LogP contribution in [0, 0.1) is 0 Å². The first-order chi connectivity index (χ1) is 10.8. The molecular formula is C17H24N2O4. The maximum atomic E-state index is 10.5. The molecule has 0 spiro atoms. The maximum absolute atomic E-state index is 10.5. The van der Waals surface area contributed by atoms with Crippen LogP contribution in [-0.2, 0) is 4.79 Å². The number of hydrogen-bond acceptors (Lipinski definition) is 6. The highest BCUT2D eigenvalue weighted by Crippen LogP contribution is 2.32. The zero-order valence-corrected chi connectivity index (χ0v) is 14.2. The lowest BCUT2D eigenvalue weighted by atomic mass is 10.2. The lowest BCUT2D eigenvalue weighted by Crippen LogP contribution is -2.28. The topological polar surface area (TPSA) is 71.4 Å². The molecule has 0 aromatic heterocycles. The molecule has 126 valence electrons. The van der Waals surface area contributed by atoms with E-state index in [0.717, 1.165) is 5.69 Å². The van der Waals surface area contributed by atoms with Crippen LogP contribution in [0.4, 0.5) is 5.69 Å². The molecule has 0 amide bonds. The molecule has 1 rings (SSSR count). The Hall–Kier alpha value is -2.34. The van der Waals surface area contributed by atoms with Crippen LogP contribution in [0.15, 0.2) is 35.6 Å². The fourth-order valence-electron chi connectivity index (χ4n) is 1.62. The molecule has 0 aliphatic carbocycles. The third-order valence-corrected chi connectivity index (χ3v) is 2.87. The molecule has 0 radical (unpaired) electrons. The SMILES string of the molecule is COc1cc(N(C)/C=C\N=C(C)C=O)ccc1OCC(C)(C)O. The Morgan fingerprint density at radius 3 is 2.65 bits per heavy atom. The molecule has 0 fully saturated rings. The van der Waals surface area contributed by atoms with E-state index in [1.54, 1.807) is 46.3 Å². The molecule has 0 saturated carbocycles. The average molecular weight is 320 g/mol. The molecule has 0 aliphatic rings. The van der Waals surface area contributed by atoms with Crippen LogP contribution in [0.1, 0.15) is 20.8 Å². The normalized spacial score (nSPS) is 12.3. The molecule has 23 heavy (non-hydrogen) atoms. The van der Waals surface area contributed by atoms with Crippen molar-refractivity contribution in [3.8, 4) is 11.5 Å². The molecule has 1 aromatic rings. The molecular weight excluding hydrogens is 296 g/mol. The first-order valence-electron chi connectivity index (χ1n) is 7.19. The molecule has 6 heteroatoms. The summed E-state index contributed by atoms with van der Waals surface area (Å²) in [6.45, 7) is 5.15. The van der Waals surface area contributed by atoms with E-state index in [4.69, 9.17) is 9.47 Å². The number of anilines is 1. The molecule has 0 bridgehead atoms. The lowest BCUT2D eigenvalue weighted by molar-refractivity contribution is -0.102. The second-order valence-electron chi connectivity index (χ2n) is 5.73. The highest BCUT2D eigenvalue weighted by molar-refractivity contribution is 6.27. The van der Waals surface area contributed by atoms with Gasteiger partial charge in [0.2, 0.25) is 0 Å². The van der Waals surface area contributed by atoms with Crippen LogP contribution >= 0.6 is 0 Å². The number of carbonyl (C=O) groups excluding carboxylic acids is 1. The number of hydrogen-bond donors (Lipinski definition) is 1. The summed E-state index contributed by atoms with van der Waals surface area (Å²) in [7, 11) is 3.41. The number of benzene rings is 1. The number of aliphatic hydroxyl groups is 1. The Balaban J connectivity index is 2.87. The summed E-state index contributed by atoms with van der Waals surface area (Å²) in [5.41, 5.74) is 0.354. The Kier molecular flexibility index (Phi) is 6.78. The molecule has 0 heterocycles. The Labute approximate surface area is 137 Å². The van der Waals surface area contributed by atoms with Crippen molar-refractivity contribution in [2.45, 2.75) is 26.4 Å². The van der Waals surface area contributed by atoms with E-state index in [1.807, 2.05) is 24.1 Å². The number of rotatable bonds is 8. The molecule has 0 atom stereocenters. The molecule has 0 aliphatic heterocycles. The third-order valence-electron chi connectivity index (χ3n) is 2.87. The van der Waals surface area contributed by atoms with E-state index in [9.17, 15) is 9.90 Å². The van der Waals surface area contributed by atoms with E-state index >= 15 is 0 Å². The fourth-order valence-corrected chi connectivity index (χ4v) is 1.62. The summed E-state index contributed by atoms with van der Waals surface area (Å²) in [5.74, 6) is 1.13. The second-order valence-corrected chi connectivity index (χ2v) is 5.73. The average Bonchev–Trinajstić information content (AvgIpc) is 2.51. The second kappa shape index (κ2) is 8.33. The van der Waals surface area contributed by atoms with Crippen molar-refractivity contribution in [1.82, 2.24) is 0 Å². The van der Waals surface area contributed by atoms with Crippen molar-refractivity contribution in [2.75, 3.05) is 25.7 Å². The lowest BCUT2D eigenvalue weighted by Gasteiger charge is -2.20. The van der Waals surface area contributed by atoms with E-state index in [-0.39, 0.29) is 6.61 Å². The van der Waals surface area contributed by atoms with Gasteiger partial charge < -0.3 is 19.5 Å². The van der Waals surface area contributed by atoms with Gasteiger partial charge in [-0.3, -0.25) is 9.79 Å². The molecule has 1 aromatic carbocycles. The van der Waals surface area contributed by atoms with E-state index in [0.29, 0.717) is 23.5 Å². The van der Waals surface area contributed by atoms with Crippen LogP contribution in [0.2, 0.25) is 0 Å². The monoisotopic (exact) mass is 320 g/mol. The van der Waals surface area contributed by atoms with Gasteiger partial charge in [0.05, 0.1) is 18.4 Å². The van der Waals surface area contributed by atoms with Gasteiger partial charge >= 0.3 is 0 Å². The van der Waals surface area contributed by atoms with Gasteiger partial charge in [0.15, 0.2) is 17.8 Å². The van der Waals surface area contributed by atoms with Crippen molar-refractivity contribution < 1.29 is 19.4 Å². The Morgan fingerprint density at radius 1 is 1.39 bits per heavy atom. The fraction of sp³-hybridized carbons (Fsp3) is 0.412. The Bertz CT molecular complexity index is 589. The van der Waals surface area contributed by atoms with E-state index in [2.05, 4.69) is 4.99 Å². The number of carbonyl (C=O) groups is 1. The summed E-state index contributed by atoms with van der Waals surface area (Å²) >= 11 is 0. The minimum atomic E-state index is -0.919. The van der Waals surface area contributed by atoms with Crippen LogP contribution < -0.4 is 14.4 Å². The highest BCUT2D eigenvalue weighted by Gasteiger charge is 2.15. The van der Waals surface area contributed by atoms with Crippen LogP contribution in [0.25, 0.3) is 0 Å². The quantitative estimate of drug-likeness (QED) is 0.588. The van der Waals surface area contributed by atoms with Crippen LogP contribution in [-0.4, -0.2) is 43.5 Å². The summed E-state index contributed by atoms with van der Waals surface area (Å²) in [6, 6.07) is 5.47. The molecule has 1 N–H and O–H groups in total. The van der Waals surface area contributed by atoms with Gasteiger partial charge in [-0.1, -0.05) is 0 Å². The zero-order chi connectivity index (χ0) is 17.5. The predicted molar refractivity (Wildman–Crippen MR) is 91.5 cm³/mol. The summed E-state index contributed by atoms with van der Waals surface area (Å²) in [6.07, 6.45) is 3.98. The summed E-state index contributed by atoms with van der Waals surface area (Å²) < 4.78 is 10.9. The van der Waals surface area contributed by atoms with Crippen molar-refractivity contribution >= 4 is 17.7 Å². The van der Waals surface area contributed by atoms with Gasteiger partial charge in [-0.25, -0.2) is 0 Å².